The standard InChI is InChI=1S/C19H26N6O2S2/c1-12-13(2)25(14-6-4-5-7-14)17(15(12)10-20)22-16(26)11-28-19-24-23-18(29-19)21-8-9-27-3/h14H,4-9,11H2,1-3H3,(H,21,23)(H,22,26). The summed E-state index contributed by atoms with van der Waals surface area (Å²) in [7, 11) is 1.64. The summed E-state index contributed by atoms with van der Waals surface area (Å²) in [4.78, 5) is 12.6. The third kappa shape index (κ3) is 5.10. The minimum atomic E-state index is -0.146. The van der Waals surface area contributed by atoms with E-state index >= 15 is 0 Å². The summed E-state index contributed by atoms with van der Waals surface area (Å²) in [5.74, 6) is 0.706. The Morgan fingerprint density at radius 3 is 2.83 bits per heavy atom. The lowest BCUT2D eigenvalue weighted by molar-refractivity contribution is -0.113. The first-order valence-electron chi connectivity index (χ1n) is 9.65. The average molecular weight is 435 g/mol. The van der Waals surface area contributed by atoms with E-state index < -0.39 is 0 Å². The van der Waals surface area contributed by atoms with Crippen LogP contribution in [0.4, 0.5) is 10.9 Å². The van der Waals surface area contributed by atoms with Gasteiger partial charge >= 0.3 is 0 Å². The van der Waals surface area contributed by atoms with E-state index in [-0.39, 0.29) is 11.7 Å². The van der Waals surface area contributed by atoms with Crippen molar-refractivity contribution in [1.29, 1.82) is 5.26 Å². The molecule has 0 aromatic carbocycles. The highest BCUT2D eigenvalue weighted by Gasteiger charge is 2.26. The second-order valence-electron chi connectivity index (χ2n) is 6.98. The van der Waals surface area contributed by atoms with E-state index in [9.17, 15) is 10.1 Å². The summed E-state index contributed by atoms with van der Waals surface area (Å²) in [6.07, 6.45) is 4.54. The first-order valence-corrected chi connectivity index (χ1v) is 11.5. The third-order valence-corrected chi connectivity index (χ3v) is 7.15. The molecule has 156 valence electrons. The molecular weight excluding hydrogens is 408 g/mol. The van der Waals surface area contributed by atoms with Gasteiger partial charge in [-0.2, -0.15) is 5.26 Å². The summed E-state index contributed by atoms with van der Waals surface area (Å²) in [5, 5.41) is 24.6. The lowest BCUT2D eigenvalue weighted by Gasteiger charge is -2.19. The molecule has 1 saturated carbocycles. The topological polar surface area (TPSA) is 105 Å². The van der Waals surface area contributed by atoms with E-state index in [0.29, 0.717) is 35.7 Å². The third-order valence-electron chi connectivity index (χ3n) is 5.13. The second-order valence-corrected chi connectivity index (χ2v) is 9.18. The maximum Gasteiger partial charge on any atom is 0.235 e. The fraction of sp³-hybridized carbons (Fsp3) is 0.579. The number of hydrogen-bond acceptors (Lipinski definition) is 8. The number of anilines is 2. The van der Waals surface area contributed by atoms with E-state index in [4.69, 9.17) is 4.74 Å². The number of rotatable bonds is 9. The maximum atomic E-state index is 12.6. The van der Waals surface area contributed by atoms with Gasteiger partial charge in [-0.25, -0.2) is 0 Å². The van der Waals surface area contributed by atoms with Gasteiger partial charge in [0.1, 0.15) is 11.9 Å². The number of carbonyl (C=O) groups is 1. The number of amides is 1. The highest BCUT2D eigenvalue weighted by Crippen LogP contribution is 2.37. The number of nitrogens with zero attached hydrogens (tertiary/aromatic N) is 4. The molecule has 1 aliphatic carbocycles. The summed E-state index contributed by atoms with van der Waals surface area (Å²) in [5.41, 5.74) is 2.57. The van der Waals surface area contributed by atoms with E-state index in [1.165, 1.54) is 35.9 Å². The average Bonchev–Trinajstić information content (AvgIpc) is 3.43. The summed E-state index contributed by atoms with van der Waals surface area (Å²) in [6, 6.07) is 2.62. The first kappa shape index (κ1) is 21.6. The van der Waals surface area contributed by atoms with Crippen LogP contribution in [0.25, 0.3) is 0 Å². The molecule has 2 aromatic heterocycles. The van der Waals surface area contributed by atoms with Crippen molar-refractivity contribution in [1.82, 2.24) is 14.8 Å². The molecule has 2 N–H and O–H groups in total. The highest BCUT2D eigenvalue weighted by molar-refractivity contribution is 8.01. The molecule has 10 heteroatoms. The highest BCUT2D eigenvalue weighted by atomic mass is 32.2. The van der Waals surface area contributed by atoms with Gasteiger partial charge in [0.15, 0.2) is 4.34 Å². The maximum absolute atomic E-state index is 12.6. The van der Waals surface area contributed by atoms with E-state index in [2.05, 4.69) is 31.5 Å². The number of carbonyl (C=O) groups excluding carboxylic acids is 1. The SMILES string of the molecule is COCCNc1nnc(SCC(=O)Nc2c(C#N)c(C)c(C)n2C2CCCC2)s1. The largest absolute Gasteiger partial charge is 0.383 e. The Bertz CT molecular complexity index is 895. The minimum Gasteiger partial charge on any atom is -0.383 e. The van der Waals surface area contributed by atoms with Gasteiger partial charge in [-0.1, -0.05) is 35.9 Å². The zero-order chi connectivity index (χ0) is 20.8. The Morgan fingerprint density at radius 1 is 1.38 bits per heavy atom. The molecule has 2 aromatic rings. The van der Waals surface area contributed by atoms with Gasteiger partial charge < -0.3 is 19.9 Å². The molecule has 0 bridgehead atoms. The van der Waals surface area contributed by atoms with E-state index in [0.717, 1.165) is 28.4 Å². The molecule has 29 heavy (non-hydrogen) atoms. The number of methoxy groups -OCH3 is 1. The predicted octanol–water partition coefficient (Wildman–Crippen LogP) is 3.73. The van der Waals surface area contributed by atoms with Gasteiger partial charge in [0, 0.05) is 25.4 Å². The summed E-state index contributed by atoms with van der Waals surface area (Å²) < 4.78 is 7.87. The van der Waals surface area contributed by atoms with Crippen molar-refractivity contribution in [3.63, 3.8) is 0 Å². The van der Waals surface area contributed by atoms with Crippen LogP contribution in [0, 0.1) is 25.2 Å². The zero-order valence-corrected chi connectivity index (χ0v) is 18.6. The van der Waals surface area contributed by atoms with Crippen molar-refractivity contribution in [2.75, 3.05) is 36.6 Å². The fourth-order valence-corrected chi connectivity index (χ4v) is 5.18. The monoisotopic (exact) mass is 434 g/mol. The van der Waals surface area contributed by atoms with Crippen LogP contribution >= 0.6 is 23.1 Å². The number of ether oxygens (including phenoxy) is 1. The van der Waals surface area contributed by atoms with Gasteiger partial charge in [0.05, 0.1) is 17.9 Å². The molecule has 0 unspecified atom stereocenters. The molecule has 2 heterocycles. The van der Waals surface area contributed by atoms with Crippen molar-refractivity contribution in [3.8, 4) is 6.07 Å². The molecule has 1 fully saturated rings. The van der Waals surface area contributed by atoms with Crippen molar-refractivity contribution >= 4 is 40.0 Å². The van der Waals surface area contributed by atoms with Crippen LogP contribution in [-0.2, 0) is 9.53 Å². The molecule has 0 radical (unpaired) electrons. The Morgan fingerprint density at radius 2 is 2.14 bits per heavy atom. The molecular formula is C19H26N6O2S2. The van der Waals surface area contributed by atoms with Crippen molar-refractivity contribution in [2.24, 2.45) is 0 Å². The van der Waals surface area contributed by atoms with Gasteiger partial charge in [-0.15, -0.1) is 10.2 Å². The van der Waals surface area contributed by atoms with Gasteiger partial charge in [0.2, 0.25) is 11.0 Å². The van der Waals surface area contributed by atoms with Gasteiger partial charge in [0.25, 0.3) is 0 Å². The zero-order valence-electron chi connectivity index (χ0n) is 16.9. The molecule has 8 nitrogen and oxygen atoms in total. The van der Waals surface area contributed by atoms with E-state index in [1.54, 1.807) is 7.11 Å². The summed E-state index contributed by atoms with van der Waals surface area (Å²) >= 11 is 2.75. The number of hydrogen-bond donors (Lipinski definition) is 2. The quantitative estimate of drug-likeness (QED) is 0.457. The van der Waals surface area contributed by atoms with Crippen LogP contribution in [0.3, 0.4) is 0 Å². The normalized spacial score (nSPS) is 14.1. The van der Waals surface area contributed by atoms with Crippen LogP contribution in [0.2, 0.25) is 0 Å². The van der Waals surface area contributed by atoms with Crippen LogP contribution in [0.1, 0.15) is 48.5 Å². The predicted molar refractivity (Wildman–Crippen MR) is 116 cm³/mol. The molecule has 3 rings (SSSR count). The van der Waals surface area contributed by atoms with Crippen LogP contribution in [0.5, 0.6) is 0 Å². The minimum absolute atomic E-state index is 0.146. The fourth-order valence-electron chi connectivity index (χ4n) is 3.60. The Hall–Kier alpha value is -2.09. The lowest BCUT2D eigenvalue weighted by atomic mass is 10.2. The molecule has 1 amide bonds. The smallest absolute Gasteiger partial charge is 0.235 e. The molecule has 0 aliphatic heterocycles. The van der Waals surface area contributed by atoms with Crippen molar-refractivity contribution < 1.29 is 9.53 Å². The van der Waals surface area contributed by atoms with Crippen LogP contribution in [0.15, 0.2) is 4.34 Å². The number of nitrogens with one attached hydrogen (secondary N) is 2. The lowest BCUT2D eigenvalue weighted by Crippen LogP contribution is -2.19. The number of thioether (sulfide) groups is 1. The molecule has 0 atom stereocenters. The molecule has 0 saturated heterocycles. The summed E-state index contributed by atoms with van der Waals surface area (Å²) in [6.45, 7) is 5.22. The van der Waals surface area contributed by atoms with Gasteiger partial charge in [-0.3, -0.25) is 4.79 Å². The van der Waals surface area contributed by atoms with Crippen molar-refractivity contribution in [2.45, 2.75) is 49.9 Å². The molecule has 0 spiro atoms. The number of nitriles is 1. The van der Waals surface area contributed by atoms with Crippen LogP contribution in [-0.4, -0.2) is 46.7 Å². The van der Waals surface area contributed by atoms with Crippen LogP contribution < -0.4 is 10.6 Å². The second kappa shape index (κ2) is 10.1. The Kier molecular flexibility index (Phi) is 7.52. The van der Waals surface area contributed by atoms with Gasteiger partial charge in [-0.05, 0) is 32.3 Å². The van der Waals surface area contributed by atoms with Crippen molar-refractivity contribution in [3.05, 3.63) is 16.8 Å². The van der Waals surface area contributed by atoms with E-state index in [1.807, 2.05) is 13.8 Å². The Labute approximate surface area is 179 Å². The first-order chi connectivity index (χ1) is 14.0. The molecule has 1 aliphatic rings. The number of aromatic nitrogens is 3. The Balaban J connectivity index is 1.65.